The third-order valence-electron chi connectivity index (χ3n) is 3.78. The number of aromatic nitrogens is 2. The Morgan fingerprint density at radius 3 is 2.54 bits per heavy atom. The van der Waals surface area contributed by atoms with Gasteiger partial charge in [-0.15, -0.1) is 5.10 Å². The van der Waals surface area contributed by atoms with Gasteiger partial charge in [-0.3, -0.25) is 14.3 Å². The Morgan fingerprint density at radius 2 is 1.96 bits per heavy atom. The molecule has 0 unspecified atom stereocenters. The number of nitrogens with one attached hydrogen (secondary N) is 1. The quantitative estimate of drug-likeness (QED) is 0.718. The Kier molecular flexibility index (Phi) is 5.44. The molecule has 1 heterocycles. The molecule has 28 heavy (non-hydrogen) atoms. The Morgan fingerprint density at radius 1 is 1.29 bits per heavy atom. The topological polar surface area (TPSA) is 99.2 Å². The van der Waals surface area contributed by atoms with Crippen molar-refractivity contribution in [2.24, 2.45) is 5.73 Å². The standard InChI is InChI=1S/C16H13Cl2F3N4O3/c17-7-3-9(14(22)26)13(10(18)4-7)23-15(27)11-5-12(28-6-16(19,20)21)24-25(11)8-1-2-8/h3-5,8H,1-2,6H2,(H2,22,26)(H,23,27). The highest BCUT2D eigenvalue weighted by Gasteiger charge is 2.33. The van der Waals surface area contributed by atoms with Crippen molar-refractivity contribution in [2.45, 2.75) is 25.1 Å². The molecular formula is C16H13Cl2F3N4O3. The summed E-state index contributed by atoms with van der Waals surface area (Å²) in [5.74, 6) is -1.95. The van der Waals surface area contributed by atoms with Gasteiger partial charge in [0.15, 0.2) is 6.61 Å². The molecule has 1 fully saturated rings. The van der Waals surface area contributed by atoms with E-state index in [1.165, 1.54) is 16.8 Å². The first-order chi connectivity index (χ1) is 13.0. The zero-order valence-electron chi connectivity index (χ0n) is 14.0. The van der Waals surface area contributed by atoms with Crippen LogP contribution < -0.4 is 15.8 Å². The number of primary amides is 1. The fourth-order valence-electron chi connectivity index (χ4n) is 2.44. The van der Waals surface area contributed by atoms with Crippen molar-refractivity contribution >= 4 is 40.7 Å². The van der Waals surface area contributed by atoms with Gasteiger partial charge in [-0.05, 0) is 25.0 Å². The van der Waals surface area contributed by atoms with Crippen LogP contribution in [0.4, 0.5) is 18.9 Å². The van der Waals surface area contributed by atoms with Crippen LogP contribution in [0.5, 0.6) is 5.88 Å². The van der Waals surface area contributed by atoms with Gasteiger partial charge in [-0.2, -0.15) is 13.2 Å². The van der Waals surface area contributed by atoms with Gasteiger partial charge >= 0.3 is 6.18 Å². The monoisotopic (exact) mass is 436 g/mol. The third-order valence-corrected chi connectivity index (χ3v) is 4.30. The molecule has 2 aromatic rings. The SMILES string of the molecule is NC(=O)c1cc(Cl)cc(Cl)c1NC(=O)c1cc(OCC(F)(F)F)nn1C1CC1. The van der Waals surface area contributed by atoms with Gasteiger partial charge in [-0.25, -0.2) is 0 Å². The highest BCUT2D eigenvalue weighted by molar-refractivity contribution is 6.38. The number of anilines is 1. The lowest BCUT2D eigenvalue weighted by molar-refractivity contribution is -0.154. The molecule has 3 rings (SSSR count). The average molecular weight is 437 g/mol. The molecule has 1 aliphatic rings. The molecule has 0 saturated heterocycles. The number of carbonyl (C=O) groups excluding carboxylic acids is 2. The molecule has 3 N–H and O–H groups in total. The van der Waals surface area contributed by atoms with E-state index >= 15 is 0 Å². The molecule has 0 radical (unpaired) electrons. The molecular weight excluding hydrogens is 424 g/mol. The number of rotatable bonds is 6. The molecule has 0 aliphatic heterocycles. The van der Waals surface area contributed by atoms with E-state index in [0.29, 0.717) is 0 Å². The van der Waals surface area contributed by atoms with E-state index in [-0.39, 0.29) is 38.9 Å². The van der Waals surface area contributed by atoms with E-state index in [0.717, 1.165) is 18.9 Å². The molecule has 1 aromatic heterocycles. The predicted molar refractivity (Wildman–Crippen MR) is 95.0 cm³/mol. The molecule has 0 atom stereocenters. The first-order valence-electron chi connectivity index (χ1n) is 7.94. The number of halogens is 5. The van der Waals surface area contributed by atoms with Crippen LogP contribution in [0.2, 0.25) is 10.0 Å². The number of carbonyl (C=O) groups is 2. The van der Waals surface area contributed by atoms with Gasteiger partial charge in [0.1, 0.15) is 5.69 Å². The zero-order chi connectivity index (χ0) is 20.6. The number of hydrogen-bond donors (Lipinski definition) is 2. The molecule has 1 saturated carbocycles. The number of amides is 2. The normalized spacial score (nSPS) is 14.0. The van der Waals surface area contributed by atoms with Crippen molar-refractivity contribution in [3.63, 3.8) is 0 Å². The molecule has 150 valence electrons. The highest BCUT2D eigenvalue weighted by Crippen LogP contribution is 2.37. The van der Waals surface area contributed by atoms with Crippen molar-refractivity contribution in [3.05, 3.63) is 39.5 Å². The van der Waals surface area contributed by atoms with Crippen LogP contribution >= 0.6 is 23.2 Å². The fourth-order valence-corrected chi connectivity index (χ4v) is 2.98. The summed E-state index contributed by atoms with van der Waals surface area (Å²) in [6.07, 6.45) is -3.11. The Labute approximate surface area is 166 Å². The lowest BCUT2D eigenvalue weighted by atomic mass is 10.1. The van der Waals surface area contributed by atoms with Crippen LogP contribution in [0.1, 0.15) is 39.7 Å². The smallest absolute Gasteiger partial charge is 0.422 e. The second kappa shape index (κ2) is 7.51. The number of hydrogen-bond acceptors (Lipinski definition) is 4. The minimum atomic E-state index is -4.54. The van der Waals surface area contributed by atoms with Gasteiger partial charge in [0, 0.05) is 11.1 Å². The first-order valence-corrected chi connectivity index (χ1v) is 8.70. The second-order valence-electron chi connectivity index (χ2n) is 6.08. The van der Waals surface area contributed by atoms with Crippen molar-refractivity contribution in [1.29, 1.82) is 0 Å². The Hall–Kier alpha value is -2.46. The van der Waals surface area contributed by atoms with Gasteiger partial charge in [0.05, 0.1) is 22.3 Å². The zero-order valence-corrected chi connectivity index (χ0v) is 15.5. The van der Waals surface area contributed by atoms with E-state index < -0.39 is 24.6 Å². The summed E-state index contributed by atoms with van der Waals surface area (Å²) >= 11 is 11.9. The van der Waals surface area contributed by atoms with Crippen LogP contribution in [0.15, 0.2) is 18.2 Å². The molecule has 0 bridgehead atoms. The first kappa shape index (κ1) is 20.3. The second-order valence-corrected chi connectivity index (χ2v) is 6.92. The number of alkyl halides is 3. The van der Waals surface area contributed by atoms with Crippen molar-refractivity contribution in [2.75, 3.05) is 11.9 Å². The van der Waals surface area contributed by atoms with Crippen LogP contribution in [0.3, 0.4) is 0 Å². The number of nitrogens with two attached hydrogens (primary N) is 1. The minimum absolute atomic E-state index is 0.0271. The highest BCUT2D eigenvalue weighted by atomic mass is 35.5. The number of benzene rings is 1. The molecule has 7 nitrogen and oxygen atoms in total. The van der Waals surface area contributed by atoms with Crippen molar-refractivity contribution in [1.82, 2.24) is 9.78 Å². The molecule has 2 amide bonds. The third kappa shape index (κ3) is 4.68. The molecule has 1 aromatic carbocycles. The number of ether oxygens (including phenoxy) is 1. The lowest BCUT2D eigenvalue weighted by Gasteiger charge is -2.12. The minimum Gasteiger partial charge on any atom is -0.467 e. The van der Waals surface area contributed by atoms with Crippen LogP contribution in [-0.4, -0.2) is 34.4 Å². The summed E-state index contributed by atoms with van der Waals surface area (Å²) in [6.45, 7) is -1.54. The largest absolute Gasteiger partial charge is 0.467 e. The maximum atomic E-state index is 12.7. The summed E-state index contributed by atoms with van der Waals surface area (Å²) in [4.78, 5) is 24.3. The van der Waals surface area contributed by atoms with E-state index in [4.69, 9.17) is 28.9 Å². The maximum Gasteiger partial charge on any atom is 0.422 e. The molecule has 1 aliphatic carbocycles. The lowest BCUT2D eigenvalue weighted by Crippen LogP contribution is -2.21. The number of nitrogens with zero attached hydrogens (tertiary/aromatic N) is 2. The summed E-state index contributed by atoms with van der Waals surface area (Å²) in [5.41, 5.74) is 5.07. The van der Waals surface area contributed by atoms with Crippen molar-refractivity contribution < 1.29 is 27.5 Å². The molecule has 0 spiro atoms. The Bertz CT molecular complexity index is 942. The van der Waals surface area contributed by atoms with E-state index in [9.17, 15) is 22.8 Å². The Balaban J connectivity index is 1.89. The van der Waals surface area contributed by atoms with Gasteiger partial charge in [-0.1, -0.05) is 23.2 Å². The van der Waals surface area contributed by atoms with Crippen LogP contribution in [-0.2, 0) is 0 Å². The fraction of sp³-hybridized carbons (Fsp3) is 0.312. The van der Waals surface area contributed by atoms with Gasteiger partial charge in [0.2, 0.25) is 5.88 Å². The summed E-state index contributed by atoms with van der Waals surface area (Å²) < 4.78 is 43.0. The van der Waals surface area contributed by atoms with Crippen LogP contribution in [0, 0.1) is 0 Å². The predicted octanol–water partition coefficient (Wildman–Crippen LogP) is 3.82. The van der Waals surface area contributed by atoms with E-state index in [1.54, 1.807) is 0 Å². The van der Waals surface area contributed by atoms with Gasteiger partial charge in [0.25, 0.3) is 11.8 Å². The van der Waals surface area contributed by atoms with Crippen molar-refractivity contribution in [3.8, 4) is 5.88 Å². The average Bonchev–Trinajstić information content (AvgIpc) is 3.33. The maximum absolute atomic E-state index is 12.7. The molecule has 12 heteroatoms. The van der Waals surface area contributed by atoms with Gasteiger partial charge < -0.3 is 15.8 Å². The van der Waals surface area contributed by atoms with E-state index in [2.05, 4.69) is 15.2 Å². The summed E-state index contributed by atoms with van der Waals surface area (Å²) in [7, 11) is 0. The van der Waals surface area contributed by atoms with Crippen LogP contribution in [0.25, 0.3) is 0 Å². The summed E-state index contributed by atoms with van der Waals surface area (Å²) in [6, 6.07) is 3.51. The summed E-state index contributed by atoms with van der Waals surface area (Å²) in [5, 5.41) is 6.48. The van der Waals surface area contributed by atoms with E-state index in [1.807, 2.05) is 0 Å².